The average Bonchev–Trinajstić information content (AvgIpc) is 2.26. The maximum absolute atomic E-state index is 13.5. The standard InChI is InChI=1S/C11H16F2N2O2S/c1-7-4-10(13)11(5-9(7)12)15-18(16,17)8(2)6-14-3/h4-5,8,14-15H,6H2,1-3H3. The summed E-state index contributed by atoms with van der Waals surface area (Å²) in [6, 6.07) is 1.80. The molecule has 4 nitrogen and oxygen atoms in total. The second-order valence-electron chi connectivity index (χ2n) is 4.10. The molecule has 0 fully saturated rings. The van der Waals surface area contributed by atoms with Crippen molar-refractivity contribution in [2.75, 3.05) is 18.3 Å². The minimum Gasteiger partial charge on any atom is -0.318 e. The summed E-state index contributed by atoms with van der Waals surface area (Å²) >= 11 is 0. The Bertz CT molecular complexity index is 532. The monoisotopic (exact) mass is 278 g/mol. The first kappa shape index (κ1) is 14.8. The first-order chi connectivity index (χ1) is 8.27. The summed E-state index contributed by atoms with van der Waals surface area (Å²) in [6.45, 7) is 3.09. The predicted octanol–water partition coefficient (Wildman–Crippen LogP) is 1.62. The van der Waals surface area contributed by atoms with Crippen LogP contribution in [0, 0.1) is 18.6 Å². The number of aryl methyl sites for hydroxylation is 1. The van der Waals surface area contributed by atoms with Gasteiger partial charge in [0.1, 0.15) is 11.6 Å². The van der Waals surface area contributed by atoms with Crippen molar-refractivity contribution in [3.8, 4) is 0 Å². The molecule has 1 atom stereocenters. The van der Waals surface area contributed by atoms with E-state index in [1.807, 2.05) is 0 Å². The van der Waals surface area contributed by atoms with E-state index in [0.29, 0.717) is 0 Å². The molecule has 1 unspecified atom stereocenters. The zero-order valence-electron chi connectivity index (χ0n) is 10.4. The number of sulfonamides is 1. The Kier molecular flexibility index (Phi) is 4.64. The van der Waals surface area contributed by atoms with Gasteiger partial charge in [-0.3, -0.25) is 4.72 Å². The van der Waals surface area contributed by atoms with Gasteiger partial charge in [-0.05, 0) is 32.5 Å². The van der Waals surface area contributed by atoms with Crippen molar-refractivity contribution in [2.45, 2.75) is 19.1 Å². The zero-order valence-corrected chi connectivity index (χ0v) is 11.2. The number of nitrogens with one attached hydrogen (secondary N) is 2. The lowest BCUT2D eigenvalue weighted by Crippen LogP contribution is -2.33. The van der Waals surface area contributed by atoms with Crippen LogP contribution in [0.3, 0.4) is 0 Å². The van der Waals surface area contributed by atoms with E-state index in [-0.39, 0.29) is 17.8 Å². The lowest BCUT2D eigenvalue weighted by molar-refractivity contribution is 0.579. The molecule has 0 saturated carbocycles. The van der Waals surface area contributed by atoms with E-state index >= 15 is 0 Å². The number of hydrogen-bond donors (Lipinski definition) is 2. The van der Waals surface area contributed by atoms with Crippen LogP contribution in [0.2, 0.25) is 0 Å². The second-order valence-corrected chi connectivity index (χ2v) is 6.20. The summed E-state index contributed by atoms with van der Waals surface area (Å²) in [5, 5.41) is 1.95. The van der Waals surface area contributed by atoms with Crippen molar-refractivity contribution in [2.24, 2.45) is 0 Å². The van der Waals surface area contributed by atoms with Gasteiger partial charge < -0.3 is 5.32 Å². The van der Waals surface area contributed by atoms with Crippen molar-refractivity contribution >= 4 is 15.7 Å². The Balaban J connectivity index is 3.01. The van der Waals surface area contributed by atoms with E-state index in [9.17, 15) is 17.2 Å². The van der Waals surface area contributed by atoms with Gasteiger partial charge in [-0.1, -0.05) is 0 Å². The fourth-order valence-electron chi connectivity index (χ4n) is 1.38. The summed E-state index contributed by atoms with van der Waals surface area (Å²) in [4.78, 5) is 0. The molecule has 102 valence electrons. The van der Waals surface area contributed by atoms with Gasteiger partial charge in [0.2, 0.25) is 10.0 Å². The van der Waals surface area contributed by atoms with E-state index < -0.39 is 26.9 Å². The lowest BCUT2D eigenvalue weighted by Gasteiger charge is -2.15. The molecule has 0 aliphatic heterocycles. The van der Waals surface area contributed by atoms with E-state index in [2.05, 4.69) is 10.0 Å². The Labute approximate surface area is 105 Å². The van der Waals surface area contributed by atoms with Crippen molar-refractivity contribution in [1.82, 2.24) is 5.32 Å². The molecule has 0 heterocycles. The molecule has 18 heavy (non-hydrogen) atoms. The van der Waals surface area contributed by atoms with E-state index in [0.717, 1.165) is 12.1 Å². The number of anilines is 1. The van der Waals surface area contributed by atoms with Crippen molar-refractivity contribution in [1.29, 1.82) is 0 Å². The first-order valence-corrected chi connectivity index (χ1v) is 6.94. The third kappa shape index (κ3) is 3.39. The van der Waals surface area contributed by atoms with Crippen LogP contribution >= 0.6 is 0 Å². The largest absolute Gasteiger partial charge is 0.318 e. The quantitative estimate of drug-likeness (QED) is 0.860. The smallest absolute Gasteiger partial charge is 0.236 e. The van der Waals surface area contributed by atoms with Crippen molar-refractivity contribution in [3.63, 3.8) is 0 Å². The van der Waals surface area contributed by atoms with Gasteiger partial charge >= 0.3 is 0 Å². The van der Waals surface area contributed by atoms with E-state index in [4.69, 9.17) is 0 Å². The zero-order chi connectivity index (χ0) is 13.9. The molecule has 0 spiro atoms. The van der Waals surface area contributed by atoms with Gasteiger partial charge in [-0.2, -0.15) is 0 Å². The Hall–Kier alpha value is -1.21. The SMILES string of the molecule is CNCC(C)S(=O)(=O)Nc1cc(F)c(C)cc1F. The normalized spacial score (nSPS) is 13.4. The van der Waals surface area contributed by atoms with E-state index in [1.165, 1.54) is 13.8 Å². The second kappa shape index (κ2) is 5.62. The minimum atomic E-state index is -3.75. The fourth-order valence-corrected chi connectivity index (χ4v) is 2.43. The highest BCUT2D eigenvalue weighted by Crippen LogP contribution is 2.20. The molecule has 1 aromatic rings. The molecule has 0 aromatic heterocycles. The van der Waals surface area contributed by atoms with Gasteiger partial charge in [0.15, 0.2) is 0 Å². The summed E-state index contributed by atoms with van der Waals surface area (Å²) in [7, 11) is -2.14. The third-order valence-electron chi connectivity index (χ3n) is 2.52. The van der Waals surface area contributed by atoms with Gasteiger partial charge in [-0.25, -0.2) is 17.2 Å². The number of benzene rings is 1. The number of rotatable bonds is 5. The molecule has 0 saturated heterocycles. The van der Waals surface area contributed by atoms with Gasteiger partial charge in [0.05, 0.1) is 10.9 Å². The average molecular weight is 278 g/mol. The Morgan fingerprint density at radius 2 is 1.89 bits per heavy atom. The maximum atomic E-state index is 13.5. The summed E-state index contributed by atoms with van der Waals surface area (Å²) in [5.74, 6) is -1.45. The van der Waals surface area contributed by atoms with Crippen LogP contribution in [0.5, 0.6) is 0 Å². The molecule has 0 aliphatic carbocycles. The number of hydrogen-bond acceptors (Lipinski definition) is 3. The molecule has 0 bridgehead atoms. The highest BCUT2D eigenvalue weighted by Gasteiger charge is 2.21. The predicted molar refractivity (Wildman–Crippen MR) is 67.0 cm³/mol. The van der Waals surface area contributed by atoms with Crippen LogP contribution < -0.4 is 10.0 Å². The maximum Gasteiger partial charge on any atom is 0.236 e. The Morgan fingerprint density at radius 1 is 1.28 bits per heavy atom. The third-order valence-corrected chi connectivity index (χ3v) is 4.25. The summed E-state index contributed by atoms with van der Waals surface area (Å²) in [6.07, 6.45) is 0. The summed E-state index contributed by atoms with van der Waals surface area (Å²) < 4.78 is 52.4. The van der Waals surface area contributed by atoms with Crippen LogP contribution in [-0.2, 0) is 10.0 Å². The van der Waals surface area contributed by atoms with Gasteiger partial charge in [-0.15, -0.1) is 0 Å². The van der Waals surface area contributed by atoms with Crippen molar-refractivity contribution < 1.29 is 17.2 Å². The van der Waals surface area contributed by atoms with E-state index in [1.54, 1.807) is 7.05 Å². The topological polar surface area (TPSA) is 58.2 Å². The summed E-state index contributed by atoms with van der Waals surface area (Å²) in [5.41, 5.74) is -0.250. The molecule has 0 radical (unpaired) electrons. The Morgan fingerprint density at radius 3 is 2.44 bits per heavy atom. The highest BCUT2D eigenvalue weighted by atomic mass is 32.2. The molecule has 7 heteroatoms. The molecular formula is C11H16F2N2O2S. The lowest BCUT2D eigenvalue weighted by atomic mass is 10.2. The molecule has 0 amide bonds. The van der Waals surface area contributed by atoms with Crippen LogP contribution in [0.25, 0.3) is 0 Å². The molecular weight excluding hydrogens is 262 g/mol. The first-order valence-electron chi connectivity index (χ1n) is 5.39. The van der Waals surface area contributed by atoms with Crippen LogP contribution in [0.1, 0.15) is 12.5 Å². The van der Waals surface area contributed by atoms with Gasteiger partial charge in [0, 0.05) is 12.6 Å². The highest BCUT2D eigenvalue weighted by molar-refractivity contribution is 7.93. The van der Waals surface area contributed by atoms with Gasteiger partial charge in [0.25, 0.3) is 0 Å². The molecule has 0 aliphatic rings. The van der Waals surface area contributed by atoms with Crippen molar-refractivity contribution in [3.05, 3.63) is 29.3 Å². The van der Waals surface area contributed by atoms with Crippen LogP contribution in [0.4, 0.5) is 14.5 Å². The fraction of sp³-hybridized carbons (Fsp3) is 0.455. The minimum absolute atomic E-state index is 0.124. The molecule has 1 rings (SSSR count). The van der Waals surface area contributed by atoms with Crippen LogP contribution in [-0.4, -0.2) is 27.3 Å². The van der Waals surface area contributed by atoms with Crippen LogP contribution in [0.15, 0.2) is 12.1 Å². The molecule has 1 aromatic carbocycles. The molecule has 2 N–H and O–H groups in total. The number of halogens is 2.